The Bertz CT molecular complexity index is 1520. The minimum Gasteiger partial charge on any atom is -0.507 e. The van der Waals surface area contributed by atoms with Gasteiger partial charge in [0.1, 0.15) is 11.5 Å². The molecule has 0 aliphatic carbocycles. The van der Waals surface area contributed by atoms with Gasteiger partial charge in [0.15, 0.2) is 17.5 Å². The minimum absolute atomic E-state index is 0.253. The van der Waals surface area contributed by atoms with Crippen LogP contribution in [0.15, 0.2) is 42.5 Å². The van der Waals surface area contributed by atoms with Gasteiger partial charge in [0, 0.05) is 11.1 Å². The molecule has 0 spiro atoms. The van der Waals surface area contributed by atoms with E-state index in [1.807, 2.05) is 25.1 Å². The van der Waals surface area contributed by atoms with Crippen molar-refractivity contribution in [1.29, 1.82) is 0 Å². The Morgan fingerprint density at radius 1 is 0.553 bits per heavy atom. The normalized spacial score (nSPS) is 11.3. The van der Waals surface area contributed by atoms with E-state index in [1.165, 1.54) is 80.0 Å². The fourth-order valence-corrected chi connectivity index (χ4v) is 6.30. The zero-order chi connectivity index (χ0) is 33.8. The van der Waals surface area contributed by atoms with Crippen LogP contribution in [-0.4, -0.2) is 26.7 Å². The Morgan fingerprint density at radius 3 is 1.72 bits per heavy atom. The quantitative estimate of drug-likeness (QED) is 0.110. The van der Waals surface area contributed by atoms with Crippen molar-refractivity contribution in [3.05, 3.63) is 75.8 Å². The van der Waals surface area contributed by atoms with E-state index in [9.17, 15) is 5.11 Å². The topological polar surface area (TPSA) is 68.1 Å². The molecule has 0 amide bonds. The largest absolute Gasteiger partial charge is 0.507 e. The molecule has 0 saturated heterocycles. The van der Waals surface area contributed by atoms with Crippen molar-refractivity contribution < 1.29 is 9.84 Å². The second-order valence-corrected chi connectivity index (χ2v) is 13.2. The monoisotopic (exact) mass is 635 g/mol. The lowest BCUT2D eigenvalue weighted by molar-refractivity contribution is 0.304. The van der Waals surface area contributed by atoms with Gasteiger partial charge in [-0.2, -0.15) is 0 Å². The van der Waals surface area contributed by atoms with Gasteiger partial charge in [-0.25, -0.2) is 15.0 Å². The standard InChI is InChI=1S/C42H57N3O2/c1-8-11-14-16-19-33-21-24-36(31(6)30(33)5)41-43-40(35-23-26-38(29(4)28-35)47-27-18-13-10-3)44-42(45-41)37-25-22-34(32(7)39(37)46)20-17-15-12-9-2/h21-26,28,46H,8-20,27H2,1-7H3. The summed E-state index contributed by atoms with van der Waals surface area (Å²) in [5, 5.41) is 11.5. The lowest BCUT2D eigenvalue weighted by atomic mass is 9.94. The number of nitrogens with zero attached hydrogens (tertiary/aromatic N) is 3. The van der Waals surface area contributed by atoms with Crippen molar-refractivity contribution in [3.8, 4) is 45.7 Å². The number of ether oxygens (including phenoxy) is 1. The lowest BCUT2D eigenvalue weighted by Crippen LogP contribution is -2.04. The van der Waals surface area contributed by atoms with Crippen molar-refractivity contribution in [1.82, 2.24) is 15.0 Å². The average Bonchev–Trinajstić information content (AvgIpc) is 3.07. The maximum Gasteiger partial charge on any atom is 0.167 e. The van der Waals surface area contributed by atoms with Crippen molar-refractivity contribution >= 4 is 0 Å². The molecule has 4 rings (SSSR count). The van der Waals surface area contributed by atoms with Crippen molar-refractivity contribution in [3.63, 3.8) is 0 Å². The number of phenols is 1. The molecule has 3 aromatic carbocycles. The Balaban J connectivity index is 1.76. The van der Waals surface area contributed by atoms with Gasteiger partial charge in [0.05, 0.1) is 12.2 Å². The first-order chi connectivity index (χ1) is 22.8. The molecule has 0 bridgehead atoms. The molecule has 1 aromatic heterocycles. The molecule has 0 atom stereocenters. The first kappa shape index (κ1) is 36.1. The van der Waals surface area contributed by atoms with Gasteiger partial charge >= 0.3 is 0 Å². The number of hydrogen-bond acceptors (Lipinski definition) is 5. The van der Waals surface area contributed by atoms with Gasteiger partial charge in [-0.05, 0) is 117 Å². The highest BCUT2D eigenvalue weighted by atomic mass is 16.5. The van der Waals surface area contributed by atoms with E-state index >= 15 is 0 Å². The zero-order valence-electron chi connectivity index (χ0n) is 30.1. The number of unbranched alkanes of at least 4 members (excludes halogenated alkanes) is 8. The average molecular weight is 636 g/mol. The minimum atomic E-state index is 0.253. The molecule has 1 heterocycles. The second kappa shape index (κ2) is 18.0. The molecule has 0 saturated carbocycles. The summed E-state index contributed by atoms with van der Waals surface area (Å²) in [7, 11) is 0. The zero-order valence-corrected chi connectivity index (χ0v) is 30.1. The summed E-state index contributed by atoms with van der Waals surface area (Å²) < 4.78 is 6.09. The predicted octanol–water partition coefficient (Wildman–Crippen LogP) is 11.6. The third-order valence-electron chi connectivity index (χ3n) is 9.60. The van der Waals surface area contributed by atoms with Crippen molar-refractivity contribution in [2.24, 2.45) is 0 Å². The van der Waals surface area contributed by atoms with Crippen LogP contribution < -0.4 is 4.74 Å². The molecule has 5 heteroatoms. The molecule has 0 unspecified atom stereocenters. The molecule has 1 N–H and O–H groups in total. The van der Waals surface area contributed by atoms with Crippen LogP contribution >= 0.6 is 0 Å². The van der Waals surface area contributed by atoms with Gasteiger partial charge in [0.2, 0.25) is 0 Å². The summed E-state index contributed by atoms with van der Waals surface area (Å²) in [6.45, 7) is 15.9. The Labute approximate surface area is 284 Å². The van der Waals surface area contributed by atoms with Crippen LogP contribution in [-0.2, 0) is 12.8 Å². The molecule has 0 radical (unpaired) electrons. The molecule has 0 aliphatic heterocycles. The van der Waals surface area contributed by atoms with E-state index in [0.29, 0.717) is 29.6 Å². The summed E-state index contributed by atoms with van der Waals surface area (Å²) in [5.74, 6) is 2.85. The Morgan fingerprint density at radius 2 is 1.11 bits per heavy atom. The smallest absolute Gasteiger partial charge is 0.167 e. The third-order valence-corrected chi connectivity index (χ3v) is 9.60. The van der Waals surface area contributed by atoms with Crippen LogP contribution in [0, 0.1) is 27.7 Å². The molecule has 252 valence electrons. The van der Waals surface area contributed by atoms with Crippen molar-refractivity contribution in [2.45, 2.75) is 132 Å². The van der Waals surface area contributed by atoms with Gasteiger partial charge in [0.25, 0.3) is 0 Å². The van der Waals surface area contributed by atoms with Gasteiger partial charge in [-0.15, -0.1) is 0 Å². The van der Waals surface area contributed by atoms with Crippen LogP contribution in [0.4, 0.5) is 0 Å². The number of rotatable bonds is 18. The highest BCUT2D eigenvalue weighted by molar-refractivity contribution is 5.73. The fraction of sp³-hybridized carbons (Fsp3) is 0.500. The van der Waals surface area contributed by atoms with Gasteiger partial charge in [-0.3, -0.25) is 0 Å². The highest BCUT2D eigenvalue weighted by Crippen LogP contribution is 2.36. The first-order valence-electron chi connectivity index (χ1n) is 18.2. The summed E-state index contributed by atoms with van der Waals surface area (Å²) in [6.07, 6.45) is 15.2. The van der Waals surface area contributed by atoms with Crippen LogP contribution in [0.5, 0.6) is 11.5 Å². The number of aryl methyl sites for hydroxylation is 3. The molecular weight excluding hydrogens is 578 g/mol. The van der Waals surface area contributed by atoms with E-state index in [2.05, 4.69) is 65.8 Å². The molecule has 5 nitrogen and oxygen atoms in total. The lowest BCUT2D eigenvalue weighted by Gasteiger charge is -2.16. The number of aromatic nitrogens is 3. The maximum atomic E-state index is 11.5. The summed E-state index contributed by atoms with van der Waals surface area (Å²) >= 11 is 0. The van der Waals surface area contributed by atoms with Crippen LogP contribution in [0.25, 0.3) is 34.2 Å². The van der Waals surface area contributed by atoms with E-state index < -0.39 is 0 Å². The fourth-order valence-electron chi connectivity index (χ4n) is 6.30. The highest BCUT2D eigenvalue weighted by Gasteiger charge is 2.19. The number of benzene rings is 3. The molecular formula is C42H57N3O2. The predicted molar refractivity (Wildman–Crippen MR) is 197 cm³/mol. The summed E-state index contributed by atoms with van der Waals surface area (Å²) in [4.78, 5) is 15.1. The van der Waals surface area contributed by atoms with Crippen LogP contribution in [0.1, 0.15) is 125 Å². The maximum absolute atomic E-state index is 11.5. The summed E-state index contributed by atoms with van der Waals surface area (Å²) in [5.41, 5.74) is 9.56. The second-order valence-electron chi connectivity index (χ2n) is 13.2. The van der Waals surface area contributed by atoms with E-state index in [-0.39, 0.29) is 5.75 Å². The van der Waals surface area contributed by atoms with E-state index in [1.54, 1.807) is 0 Å². The van der Waals surface area contributed by atoms with Crippen molar-refractivity contribution in [2.75, 3.05) is 6.61 Å². The molecule has 4 aromatic rings. The Hall–Kier alpha value is -3.73. The van der Waals surface area contributed by atoms with E-state index in [4.69, 9.17) is 19.7 Å². The third kappa shape index (κ3) is 9.43. The van der Waals surface area contributed by atoms with Gasteiger partial charge < -0.3 is 9.84 Å². The summed E-state index contributed by atoms with van der Waals surface area (Å²) in [6, 6.07) is 14.7. The van der Waals surface area contributed by atoms with Gasteiger partial charge in [-0.1, -0.05) is 90.3 Å². The first-order valence-corrected chi connectivity index (χ1v) is 18.2. The number of hydrogen-bond donors (Lipinski definition) is 1. The molecule has 0 aliphatic rings. The molecule has 47 heavy (non-hydrogen) atoms. The number of aromatic hydroxyl groups is 1. The van der Waals surface area contributed by atoms with Crippen LogP contribution in [0.3, 0.4) is 0 Å². The SMILES string of the molecule is CCCCCCc1ccc(-c2nc(-c3ccc(OCCCCC)c(C)c3)nc(-c3ccc(CCCCCC)c(C)c3O)n2)c(C)c1C. The van der Waals surface area contributed by atoms with Crippen LogP contribution in [0.2, 0.25) is 0 Å². The Kier molecular flexibility index (Phi) is 13.8. The van der Waals surface area contributed by atoms with E-state index in [0.717, 1.165) is 53.7 Å². The number of phenolic OH excluding ortho intramolecular Hbond substituents is 1. The molecule has 0 fully saturated rings.